The van der Waals surface area contributed by atoms with Crippen LogP contribution >= 0.6 is 0 Å². The SMILES string of the molecule is CO[C@H]1C[C@@H](C(N)=O)C[C@H]1O[N+](=O)O[C@@H]1C[C@H](C(N)=O)C[C@@H]1OC. The van der Waals surface area contributed by atoms with Crippen LogP contribution in [0.1, 0.15) is 25.7 Å². The van der Waals surface area contributed by atoms with E-state index in [0.29, 0.717) is 12.8 Å². The molecule has 4 N–H and O–H groups in total. The van der Waals surface area contributed by atoms with Crippen LogP contribution in [0.5, 0.6) is 0 Å². The van der Waals surface area contributed by atoms with E-state index >= 15 is 0 Å². The highest BCUT2D eigenvalue weighted by atomic mass is 17.0. The van der Waals surface area contributed by atoms with Crippen LogP contribution in [0.3, 0.4) is 0 Å². The van der Waals surface area contributed by atoms with Gasteiger partial charge in [0, 0.05) is 38.9 Å². The van der Waals surface area contributed by atoms with Crippen LogP contribution in [0.15, 0.2) is 0 Å². The molecule has 2 aliphatic rings. The number of primary amides is 2. The zero-order valence-corrected chi connectivity index (χ0v) is 13.8. The van der Waals surface area contributed by atoms with Gasteiger partial charge in [0.05, 0.1) is 0 Å². The Morgan fingerprint density at radius 2 is 1.12 bits per heavy atom. The lowest BCUT2D eigenvalue weighted by Gasteiger charge is -2.14. The number of amides is 2. The van der Waals surface area contributed by atoms with Crippen molar-refractivity contribution in [2.45, 2.75) is 50.1 Å². The lowest BCUT2D eigenvalue weighted by atomic mass is 10.1. The van der Waals surface area contributed by atoms with Gasteiger partial charge in [0.15, 0.2) is 0 Å². The fourth-order valence-electron chi connectivity index (χ4n) is 3.35. The Kier molecular flexibility index (Phi) is 5.94. The zero-order chi connectivity index (χ0) is 17.9. The summed E-state index contributed by atoms with van der Waals surface area (Å²) in [5.74, 6) is -1.74. The molecule has 0 saturated heterocycles. The lowest BCUT2D eigenvalue weighted by Crippen LogP contribution is -2.34. The van der Waals surface area contributed by atoms with Crippen molar-refractivity contribution >= 4 is 11.8 Å². The van der Waals surface area contributed by atoms with E-state index in [1.807, 2.05) is 0 Å². The van der Waals surface area contributed by atoms with Gasteiger partial charge in [0.25, 0.3) is 0 Å². The van der Waals surface area contributed by atoms with Gasteiger partial charge >= 0.3 is 5.09 Å². The van der Waals surface area contributed by atoms with Gasteiger partial charge in [-0.3, -0.25) is 9.59 Å². The summed E-state index contributed by atoms with van der Waals surface area (Å²) in [6.07, 6.45) is -0.809. The first-order valence-electron chi connectivity index (χ1n) is 7.80. The minimum absolute atomic E-state index is 0.000119. The van der Waals surface area contributed by atoms with E-state index in [1.54, 1.807) is 0 Å². The molecule has 2 rings (SSSR count). The highest BCUT2D eigenvalue weighted by molar-refractivity contribution is 5.77. The molecule has 0 aromatic carbocycles. The molecule has 10 heteroatoms. The molecular formula is C14H24N3O7+. The van der Waals surface area contributed by atoms with Gasteiger partial charge in [-0.2, -0.15) is 9.68 Å². The van der Waals surface area contributed by atoms with Gasteiger partial charge in [-0.25, -0.2) is 0 Å². The van der Waals surface area contributed by atoms with E-state index in [0.717, 1.165) is 0 Å². The molecule has 6 atom stereocenters. The molecule has 2 aliphatic carbocycles. The normalized spacial score (nSPS) is 35.6. The second-order valence-electron chi connectivity index (χ2n) is 6.20. The Bertz CT molecular complexity index is 459. The molecule has 2 saturated carbocycles. The first-order chi connectivity index (χ1) is 11.3. The predicted molar refractivity (Wildman–Crippen MR) is 78.8 cm³/mol. The van der Waals surface area contributed by atoms with Crippen molar-refractivity contribution in [1.82, 2.24) is 0 Å². The van der Waals surface area contributed by atoms with Crippen LogP contribution in [0, 0.1) is 16.7 Å². The van der Waals surface area contributed by atoms with E-state index in [2.05, 4.69) is 0 Å². The molecule has 24 heavy (non-hydrogen) atoms. The summed E-state index contributed by atoms with van der Waals surface area (Å²) in [4.78, 5) is 44.9. The number of methoxy groups -OCH3 is 2. The highest BCUT2D eigenvalue weighted by Gasteiger charge is 2.47. The Hall–Kier alpha value is -1.94. The van der Waals surface area contributed by atoms with Gasteiger partial charge < -0.3 is 20.9 Å². The van der Waals surface area contributed by atoms with Crippen LogP contribution in [0.4, 0.5) is 0 Å². The quantitative estimate of drug-likeness (QED) is 0.547. The summed E-state index contributed by atoms with van der Waals surface area (Å²) < 4.78 is 10.5. The molecule has 0 aliphatic heterocycles. The number of carbonyl (C=O) groups excluding carboxylic acids is 2. The van der Waals surface area contributed by atoms with Crippen molar-refractivity contribution in [3.63, 3.8) is 0 Å². The Balaban J connectivity index is 1.90. The second kappa shape index (κ2) is 7.75. The average molecular weight is 346 g/mol. The van der Waals surface area contributed by atoms with Crippen LogP contribution in [0.25, 0.3) is 0 Å². The number of nitrogens with zero attached hydrogens (tertiary/aromatic N) is 1. The molecule has 0 radical (unpaired) electrons. The third-order valence-corrected chi connectivity index (χ3v) is 4.75. The Morgan fingerprint density at radius 3 is 1.42 bits per heavy atom. The third kappa shape index (κ3) is 4.12. The number of hydrogen-bond acceptors (Lipinski definition) is 7. The molecular weight excluding hydrogens is 322 g/mol. The monoisotopic (exact) mass is 346 g/mol. The summed E-state index contributed by atoms with van der Waals surface area (Å²) in [5.41, 5.74) is 10.6. The van der Waals surface area contributed by atoms with Crippen molar-refractivity contribution < 1.29 is 33.8 Å². The van der Waals surface area contributed by atoms with Crippen molar-refractivity contribution in [2.24, 2.45) is 23.3 Å². The van der Waals surface area contributed by atoms with Crippen molar-refractivity contribution in [1.29, 1.82) is 0 Å². The number of ether oxygens (including phenoxy) is 2. The molecule has 2 amide bonds. The summed E-state index contributed by atoms with van der Waals surface area (Å²) in [5, 5.41) is 0.000119. The summed E-state index contributed by atoms with van der Waals surface area (Å²) >= 11 is 0. The van der Waals surface area contributed by atoms with Gasteiger partial charge in [0.1, 0.15) is 17.1 Å². The largest absolute Gasteiger partial charge is 0.478 e. The predicted octanol–water partition coefficient (Wildman–Crippen LogP) is -0.814. The third-order valence-electron chi connectivity index (χ3n) is 4.75. The summed E-state index contributed by atoms with van der Waals surface area (Å²) in [7, 11) is 2.94. The minimum Gasteiger partial charge on any atom is -0.377 e. The minimum atomic E-state index is -0.640. The molecule has 0 bridgehead atoms. The Labute approximate surface area is 139 Å². The van der Waals surface area contributed by atoms with E-state index in [4.69, 9.17) is 30.6 Å². The van der Waals surface area contributed by atoms with E-state index in [1.165, 1.54) is 14.2 Å². The highest BCUT2D eigenvalue weighted by Crippen LogP contribution is 2.32. The van der Waals surface area contributed by atoms with Gasteiger partial charge in [-0.1, -0.05) is 0 Å². The molecule has 0 heterocycles. The fraction of sp³-hybridized carbons (Fsp3) is 0.857. The maximum atomic E-state index is 12.0. The average Bonchev–Trinajstić information content (AvgIpc) is 3.11. The topological polar surface area (TPSA) is 143 Å². The smallest absolute Gasteiger partial charge is 0.377 e. The van der Waals surface area contributed by atoms with Gasteiger partial charge in [-0.05, 0) is 12.8 Å². The van der Waals surface area contributed by atoms with Gasteiger partial charge in [0.2, 0.25) is 24.0 Å². The second-order valence-corrected chi connectivity index (χ2v) is 6.20. The Morgan fingerprint density at radius 1 is 0.792 bits per heavy atom. The van der Waals surface area contributed by atoms with E-state index in [-0.39, 0.29) is 17.9 Å². The number of nitrogens with two attached hydrogens (primary N) is 2. The maximum absolute atomic E-state index is 12.0. The van der Waals surface area contributed by atoms with Crippen molar-refractivity contribution in [2.75, 3.05) is 14.2 Å². The van der Waals surface area contributed by atoms with Crippen molar-refractivity contribution in [3.05, 3.63) is 4.91 Å². The molecule has 136 valence electrons. The fourth-order valence-corrected chi connectivity index (χ4v) is 3.35. The molecule has 10 nitrogen and oxygen atoms in total. The molecule has 0 aromatic heterocycles. The number of hydrogen-bond donors (Lipinski definition) is 2. The summed E-state index contributed by atoms with van der Waals surface area (Å²) in [6.45, 7) is 0. The number of rotatable bonds is 8. The standard InChI is InChI=1S/C14H23N3O7/c1-21-9-3-7(13(15)18)5-11(9)23-17(20)24-12-6-8(14(16)19)4-10(12)22-2/h7-12H,3-6H2,1-2H3,(H3-,15,16,18,19)/p+1/t7-,8-,9+,10+,11-,12-/m1/s1. The summed E-state index contributed by atoms with van der Waals surface area (Å²) in [6, 6.07) is 0. The van der Waals surface area contributed by atoms with Gasteiger partial charge in [-0.15, -0.1) is 0 Å². The first kappa shape index (κ1) is 18.4. The molecule has 0 unspecified atom stereocenters. The number of carbonyl (C=O) groups is 2. The maximum Gasteiger partial charge on any atom is 0.478 e. The lowest BCUT2D eigenvalue weighted by molar-refractivity contribution is -0.993. The zero-order valence-electron chi connectivity index (χ0n) is 13.8. The first-order valence-corrected chi connectivity index (χ1v) is 7.80. The van der Waals surface area contributed by atoms with Crippen LogP contribution < -0.4 is 11.5 Å². The van der Waals surface area contributed by atoms with E-state index in [9.17, 15) is 14.5 Å². The molecule has 0 spiro atoms. The van der Waals surface area contributed by atoms with Crippen LogP contribution in [0.2, 0.25) is 0 Å². The van der Waals surface area contributed by atoms with Crippen molar-refractivity contribution in [3.8, 4) is 0 Å². The van der Waals surface area contributed by atoms with Crippen LogP contribution in [-0.2, 0) is 28.7 Å². The van der Waals surface area contributed by atoms with E-state index < -0.39 is 48.1 Å². The molecule has 0 aromatic rings. The van der Waals surface area contributed by atoms with Crippen LogP contribution in [-0.4, -0.2) is 55.5 Å². The molecule has 2 fully saturated rings.